The molecule has 0 aliphatic carbocycles. The molecule has 1 saturated heterocycles. The highest BCUT2D eigenvalue weighted by molar-refractivity contribution is 5.23. The van der Waals surface area contributed by atoms with Crippen molar-refractivity contribution < 1.29 is 4.74 Å². The molecule has 1 aliphatic rings. The number of aryl methyl sites for hydroxylation is 2. The topological polar surface area (TPSA) is 42.3 Å². The lowest BCUT2D eigenvalue weighted by atomic mass is 10.2. The van der Waals surface area contributed by atoms with Gasteiger partial charge in [-0.1, -0.05) is 0 Å². The standard InChI is InChI=1S/C17H32N4O/c1-13-11-21(12-14(2)22-13)9-7-6-8-18-10-17-15(3)19-20(5)16(17)4/h13-14,18H,6-12H2,1-5H3/t13-,14+. The zero-order valence-corrected chi connectivity index (χ0v) is 14.9. The predicted octanol–water partition coefficient (Wildman–Crippen LogP) is 2.02. The highest BCUT2D eigenvalue weighted by Crippen LogP contribution is 2.12. The molecule has 0 unspecified atom stereocenters. The van der Waals surface area contributed by atoms with Crippen molar-refractivity contribution in [2.75, 3.05) is 26.2 Å². The lowest BCUT2D eigenvalue weighted by Gasteiger charge is -2.35. The van der Waals surface area contributed by atoms with Crippen LogP contribution in [0.2, 0.25) is 0 Å². The van der Waals surface area contributed by atoms with Crippen molar-refractivity contribution in [1.82, 2.24) is 20.0 Å². The van der Waals surface area contributed by atoms with Crippen LogP contribution >= 0.6 is 0 Å². The number of aromatic nitrogens is 2. The molecule has 0 amide bonds. The van der Waals surface area contributed by atoms with E-state index in [1.807, 2.05) is 11.7 Å². The summed E-state index contributed by atoms with van der Waals surface area (Å²) in [5.41, 5.74) is 3.75. The van der Waals surface area contributed by atoms with Crippen LogP contribution in [0.25, 0.3) is 0 Å². The largest absolute Gasteiger partial charge is 0.373 e. The molecule has 0 saturated carbocycles. The van der Waals surface area contributed by atoms with Gasteiger partial charge in [0.25, 0.3) is 0 Å². The Hall–Kier alpha value is -0.910. The van der Waals surface area contributed by atoms with Crippen LogP contribution < -0.4 is 5.32 Å². The molecule has 2 atom stereocenters. The molecule has 2 rings (SSSR count). The van der Waals surface area contributed by atoms with E-state index in [2.05, 4.69) is 43.0 Å². The van der Waals surface area contributed by atoms with Crippen molar-refractivity contribution >= 4 is 0 Å². The maximum absolute atomic E-state index is 5.77. The molecule has 0 bridgehead atoms. The summed E-state index contributed by atoms with van der Waals surface area (Å²) in [7, 11) is 2.01. The SMILES string of the molecule is Cc1nn(C)c(C)c1CNCCCCN1C[C@@H](C)O[C@@H](C)C1. The average Bonchev–Trinajstić information content (AvgIpc) is 2.67. The third kappa shape index (κ3) is 4.80. The smallest absolute Gasteiger partial charge is 0.0678 e. The zero-order chi connectivity index (χ0) is 16.1. The van der Waals surface area contributed by atoms with Crippen molar-refractivity contribution in [1.29, 1.82) is 0 Å². The Balaban J connectivity index is 1.60. The molecule has 1 aliphatic heterocycles. The average molecular weight is 308 g/mol. The molecule has 0 aromatic carbocycles. The van der Waals surface area contributed by atoms with E-state index in [9.17, 15) is 0 Å². The summed E-state index contributed by atoms with van der Waals surface area (Å²) in [4.78, 5) is 2.54. The lowest BCUT2D eigenvalue weighted by molar-refractivity contribution is -0.0681. The Morgan fingerprint density at radius 3 is 2.45 bits per heavy atom. The fourth-order valence-corrected chi connectivity index (χ4v) is 3.34. The summed E-state index contributed by atoms with van der Waals surface area (Å²) in [5, 5.41) is 8.01. The van der Waals surface area contributed by atoms with Crippen LogP contribution in [0, 0.1) is 13.8 Å². The van der Waals surface area contributed by atoms with E-state index in [1.54, 1.807) is 0 Å². The van der Waals surface area contributed by atoms with Gasteiger partial charge in [0.05, 0.1) is 17.9 Å². The second-order valence-electron chi connectivity index (χ2n) is 6.67. The molecule has 0 spiro atoms. The van der Waals surface area contributed by atoms with Crippen LogP contribution in [0.15, 0.2) is 0 Å². The van der Waals surface area contributed by atoms with E-state index in [4.69, 9.17) is 4.74 Å². The van der Waals surface area contributed by atoms with Gasteiger partial charge in [0.15, 0.2) is 0 Å². The van der Waals surface area contributed by atoms with Crippen LogP contribution in [0.4, 0.5) is 0 Å². The van der Waals surface area contributed by atoms with Gasteiger partial charge in [-0.15, -0.1) is 0 Å². The first-order chi connectivity index (χ1) is 10.5. The van der Waals surface area contributed by atoms with E-state index in [0.717, 1.165) is 31.9 Å². The molecule has 2 heterocycles. The molecule has 22 heavy (non-hydrogen) atoms. The summed E-state index contributed by atoms with van der Waals surface area (Å²) in [6, 6.07) is 0. The Morgan fingerprint density at radius 1 is 1.18 bits per heavy atom. The van der Waals surface area contributed by atoms with Gasteiger partial charge in [-0.3, -0.25) is 9.58 Å². The van der Waals surface area contributed by atoms with Crippen LogP contribution in [0.1, 0.15) is 43.6 Å². The fourth-order valence-electron chi connectivity index (χ4n) is 3.34. The van der Waals surface area contributed by atoms with Crippen molar-refractivity contribution in [3.63, 3.8) is 0 Å². The first kappa shape index (κ1) is 17.4. The minimum Gasteiger partial charge on any atom is -0.373 e. The predicted molar refractivity (Wildman–Crippen MR) is 90.1 cm³/mol. The minimum absolute atomic E-state index is 0.374. The van der Waals surface area contributed by atoms with E-state index >= 15 is 0 Å². The molecule has 126 valence electrons. The Labute approximate surface area is 135 Å². The fraction of sp³-hybridized carbons (Fsp3) is 0.824. The number of hydrogen-bond donors (Lipinski definition) is 1. The van der Waals surface area contributed by atoms with Gasteiger partial charge in [-0.2, -0.15) is 5.10 Å². The molecule has 0 radical (unpaired) electrons. The number of hydrogen-bond acceptors (Lipinski definition) is 4. The Bertz CT molecular complexity index is 461. The van der Waals surface area contributed by atoms with Crippen LogP contribution in [-0.4, -0.2) is 53.1 Å². The highest BCUT2D eigenvalue weighted by atomic mass is 16.5. The maximum atomic E-state index is 5.77. The first-order valence-corrected chi connectivity index (χ1v) is 8.55. The van der Waals surface area contributed by atoms with Crippen LogP contribution in [0.5, 0.6) is 0 Å². The van der Waals surface area contributed by atoms with E-state index in [0.29, 0.717) is 12.2 Å². The molecule has 1 aromatic heterocycles. The van der Waals surface area contributed by atoms with Gasteiger partial charge in [0.2, 0.25) is 0 Å². The molecular formula is C17H32N4O. The van der Waals surface area contributed by atoms with Crippen molar-refractivity contribution in [2.24, 2.45) is 7.05 Å². The number of nitrogens with one attached hydrogen (secondary N) is 1. The van der Waals surface area contributed by atoms with Crippen molar-refractivity contribution in [2.45, 2.75) is 59.3 Å². The third-order valence-corrected chi connectivity index (χ3v) is 4.53. The van der Waals surface area contributed by atoms with Gasteiger partial charge in [0, 0.05) is 37.9 Å². The molecular weight excluding hydrogens is 276 g/mol. The summed E-state index contributed by atoms with van der Waals surface area (Å²) < 4.78 is 7.74. The molecule has 5 nitrogen and oxygen atoms in total. The summed E-state index contributed by atoms with van der Waals surface area (Å²) >= 11 is 0. The van der Waals surface area contributed by atoms with Gasteiger partial charge < -0.3 is 10.1 Å². The first-order valence-electron chi connectivity index (χ1n) is 8.55. The normalized spacial score (nSPS) is 23.1. The number of nitrogens with zero attached hydrogens (tertiary/aromatic N) is 3. The third-order valence-electron chi connectivity index (χ3n) is 4.53. The zero-order valence-electron chi connectivity index (χ0n) is 14.9. The Kier molecular flexibility index (Phi) is 6.41. The van der Waals surface area contributed by atoms with Crippen LogP contribution in [-0.2, 0) is 18.3 Å². The van der Waals surface area contributed by atoms with Gasteiger partial charge >= 0.3 is 0 Å². The van der Waals surface area contributed by atoms with Crippen LogP contribution in [0.3, 0.4) is 0 Å². The van der Waals surface area contributed by atoms with Gasteiger partial charge in [-0.05, 0) is 53.6 Å². The second-order valence-corrected chi connectivity index (χ2v) is 6.67. The highest BCUT2D eigenvalue weighted by Gasteiger charge is 2.21. The molecule has 5 heteroatoms. The quantitative estimate of drug-likeness (QED) is 0.783. The number of ether oxygens (including phenoxy) is 1. The van der Waals surface area contributed by atoms with E-state index in [1.165, 1.54) is 30.6 Å². The number of unbranched alkanes of at least 4 members (excludes halogenated alkanes) is 1. The second kappa shape index (κ2) is 8.09. The van der Waals surface area contributed by atoms with E-state index in [-0.39, 0.29) is 0 Å². The number of rotatable bonds is 7. The van der Waals surface area contributed by atoms with E-state index < -0.39 is 0 Å². The molecule has 1 aromatic rings. The molecule has 1 N–H and O–H groups in total. The maximum Gasteiger partial charge on any atom is 0.0678 e. The van der Waals surface area contributed by atoms with Crippen molar-refractivity contribution in [3.8, 4) is 0 Å². The molecule has 1 fully saturated rings. The number of morpholine rings is 1. The monoisotopic (exact) mass is 308 g/mol. The summed E-state index contributed by atoms with van der Waals surface area (Å²) in [5.74, 6) is 0. The van der Waals surface area contributed by atoms with Crippen molar-refractivity contribution in [3.05, 3.63) is 17.0 Å². The Morgan fingerprint density at radius 2 is 1.86 bits per heavy atom. The summed E-state index contributed by atoms with van der Waals surface area (Å²) in [6.45, 7) is 13.9. The van der Waals surface area contributed by atoms with Gasteiger partial charge in [-0.25, -0.2) is 0 Å². The van der Waals surface area contributed by atoms with Gasteiger partial charge in [0.1, 0.15) is 0 Å². The lowest BCUT2D eigenvalue weighted by Crippen LogP contribution is -2.45. The minimum atomic E-state index is 0.374. The summed E-state index contributed by atoms with van der Waals surface area (Å²) in [6.07, 6.45) is 3.22.